The highest BCUT2D eigenvalue weighted by Gasteiger charge is 2.16. The lowest BCUT2D eigenvalue weighted by atomic mass is 10.2. The third-order valence-electron chi connectivity index (χ3n) is 3.71. The topological polar surface area (TPSA) is 103 Å². The highest BCUT2D eigenvalue weighted by molar-refractivity contribution is 5.93. The van der Waals surface area contributed by atoms with Gasteiger partial charge in [-0.1, -0.05) is 5.16 Å². The molecule has 0 radical (unpaired) electrons. The fraction of sp³-hybridized carbons (Fsp3) is 0.267. The van der Waals surface area contributed by atoms with Gasteiger partial charge in [-0.2, -0.15) is 19.7 Å². The molecule has 130 valence electrons. The van der Waals surface area contributed by atoms with Crippen LogP contribution in [0.4, 0.5) is 4.39 Å². The van der Waals surface area contributed by atoms with Crippen molar-refractivity contribution in [1.29, 1.82) is 0 Å². The summed E-state index contributed by atoms with van der Waals surface area (Å²) in [4.78, 5) is 12.0. The molecule has 0 saturated heterocycles. The van der Waals surface area contributed by atoms with Crippen LogP contribution in [-0.2, 0) is 13.6 Å². The van der Waals surface area contributed by atoms with E-state index in [0.29, 0.717) is 12.3 Å². The van der Waals surface area contributed by atoms with Gasteiger partial charge in [-0.15, -0.1) is 0 Å². The Kier molecular flexibility index (Phi) is 4.42. The number of aromatic nitrogens is 5. The predicted octanol–water partition coefficient (Wildman–Crippen LogP) is 1.50. The number of rotatable bonds is 5. The number of carbonyl (C=O) groups excluding carboxylic acids is 1. The molecule has 3 aromatic heterocycles. The van der Waals surface area contributed by atoms with Gasteiger partial charge in [0.1, 0.15) is 0 Å². The first-order valence-electron chi connectivity index (χ1n) is 7.51. The maximum absolute atomic E-state index is 13.8. The molecular formula is C15H16FN7O2. The molecular weight excluding hydrogens is 329 g/mol. The molecule has 0 unspecified atom stereocenters. The molecule has 3 heterocycles. The Labute approximate surface area is 142 Å². The van der Waals surface area contributed by atoms with Crippen LogP contribution in [0.2, 0.25) is 0 Å². The molecule has 0 aliphatic carbocycles. The number of hydrogen-bond donors (Lipinski definition) is 1. The summed E-state index contributed by atoms with van der Waals surface area (Å²) in [5.41, 5.74) is 4.12. The number of carbonyl (C=O) groups is 1. The number of hydrogen-bond acceptors (Lipinski definition) is 6. The van der Waals surface area contributed by atoms with Gasteiger partial charge in [-0.05, 0) is 13.8 Å². The normalized spacial score (nSPS) is 11.4. The Balaban J connectivity index is 1.69. The van der Waals surface area contributed by atoms with E-state index in [1.807, 2.05) is 6.92 Å². The molecule has 0 atom stereocenters. The summed E-state index contributed by atoms with van der Waals surface area (Å²) in [6.07, 6.45) is 4.14. The van der Waals surface area contributed by atoms with Crippen molar-refractivity contribution in [3.63, 3.8) is 0 Å². The summed E-state index contributed by atoms with van der Waals surface area (Å²) in [5, 5.41) is 15.4. The average molecular weight is 345 g/mol. The van der Waals surface area contributed by atoms with Gasteiger partial charge in [0.25, 0.3) is 5.91 Å². The lowest BCUT2D eigenvalue weighted by Gasteiger charge is -1.95. The second-order valence-corrected chi connectivity index (χ2v) is 5.25. The molecule has 1 N–H and O–H groups in total. The Morgan fingerprint density at radius 3 is 2.88 bits per heavy atom. The molecule has 0 aliphatic heterocycles. The number of hydrazone groups is 1. The zero-order valence-corrected chi connectivity index (χ0v) is 13.9. The molecule has 3 rings (SSSR count). The number of halogens is 1. The van der Waals surface area contributed by atoms with Crippen molar-refractivity contribution in [2.75, 3.05) is 0 Å². The van der Waals surface area contributed by atoms with Gasteiger partial charge in [0.15, 0.2) is 11.5 Å². The Morgan fingerprint density at radius 1 is 1.44 bits per heavy atom. The van der Waals surface area contributed by atoms with Crippen LogP contribution in [0.25, 0.3) is 11.3 Å². The molecule has 25 heavy (non-hydrogen) atoms. The van der Waals surface area contributed by atoms with Crippen LogP contribution in [0.1, 0.15) is 28.7 Å². The average Bonchev–Trinajstić information content (AvgIpc) is 3.29. The van der Waals surface area contributed by atoms with E-state index in [1.54, 1.807) is 24.9 Å². The molecule has 0 fully saturated rings. The van der Waals surface area contributed by atoms with Gasteiger partial charge < -0.3 is 4.52 Å². The Morgan fingerprint density at radius 2 is 2.24 bits per heavy atom. The third-order valence-corrected chi connectivity index (χ3v) is 3.71. The van der Waals surface area contributed by atoms with E-state index < -0.39 is 11.9 Å². The summed E-state index contributed by atoms with van der Waals surface area (Å²) in [6.45, 7) is 4.05. The first kappa shape index (κ1) is 16.6. The van der Waals surface area contributed by atoms with Crippen LogP contribution < -0.4 is 5.43 Å². The second-order valence-electron chi connectivity index (χ2n) is 5.25. The summed E-state index contributed by atoms with van der Waals surface area (Å²) in [7, 11) is 1.80. The van der Waals surface area contributed by atoms with Gasteiger partial charge in [0.05, 0.1) is 29.7 Å². The minimum absolute atomic E-state index is 0.0557. The monoisotopic (exact) mass is 345 g/mol. The highest BCUT2D eigenvalue weighted by Crippen LogP contribution is 2.23. The van der Waals surface area contributed by atoms with Crippen molar-refractivity contribution in [2.45, 2.75) is 20.4 Å². The van der Waals surface area contributed by atoms with E-state index in [4.69, 9.17) is 4.52 Å². The second kappa shape index (κ2) is 6.67. The molecule has 3 aromatic rings. The zero-order chi connectivity index (χ0) is 18.0. The number of nitrogens with one attached hydrogen (secondary N) is 1. The van der Waals surface area contributed by atoms with E-state index in [-0.39, 0.29) is 11.3 Å². The summed E-state index contributed by atoms with van der Waals surface area (Å²) in [5.74, 6) is -0.664. The summed E-state index contributed by atoms with van der Waals surface area (Å²) >= 11 is 0. The quantitative estimate of drug-likeness (QED) is 0.557. The lowest BCUT2D eigenvalue weighted by molar-refractivity contribution is 0.0946. The first-order chi connectivity index (χ1) is 12.0. The van der Waals surface area contributed by atoms with Gasteiger partial charge in [-0.3, -0.25) is 9.48 Å². The smallest absolute Gasteiger partial charge is 0.293 e. The molecule has 0 aromatic carbocycles. The van der Waals surface area contributed by atoms with E-state index in [1.165, 1.54) is 23.2 Å². The van der Waals surface area contributed by atoms with Crippen molar-refractivity contribution < 1.29 is 13.7 Å². The number of amides is 1. The molecule has 9 nitrogen and oxygen atoms in total. The maximum atomic E-state index is 13.8. The molecule has 10 heteroatoms. The summed E-state index contributed by atoms with van der Waals surface area (Å²) in [6, 6.07) is 1.49. The lowest BCUT2D eigenvalue weighted by Crippen LogP contribution is -2.17. The Bertz CT molecular complexity index is 938. The minimum atomic E-state index is -0.573. The van der Waals surface area contributed by atoms with Gasteiger partial charge in [0, 0.05) is 25.4 Å². The third kappa shape index (κ3) is 3.18. The molecule has 0 bridgehead atoms. The molecule has 0 saturated carbocycles. The summed E-state index contributed by atoms with van der Waals surface area (Å²) < 4.78 is 21.8. The van der Waals surface area contributed by atoms with E-state index in [2.05, 4.69) is 25.9 Å². The maximum Gasteiger partial charge on any atom is 0.293 e. The van der Waals surface area contributed by atoms with E-state index >= 15 is 0 Å². The van der Waals surface area contributed by atoms with E-state index in [9.17, 15) is 9.18 Å². The van der Waals surface area contributed by atoms with Crippen LogP contribution in [0.15, 0.2) is 28.1 Å². The SMILES string of the molecule is CCn1ncc(/C=N\NC(=O)c2cc(-c3cnn(C)c3C)on2)c1F. The first-order valence-corrected chi connectivity index (χ1v) is 7.51. The van der Waals surface area contributed by atoms with Crippen molar-refractivity contribution >= 4 is 12.1 Å². The van der Waals surface area contributed by atoms with Gasteiger partial charge >= 0.3 is 0 Å². The van der Waals surface area contributed by atoms with Crippen LogP contribution in [0.3, 0.4) is 0 Å². The molecule has 0 spiro atoms. The van der Waals surface area contributed by atoms with Crippen molar-refractivity contribution in [3.05, 3.63) is 41.4 Å². The molecule has 0 aliphatic rings. The van der Waals surface area contributed by atoms with Gasteiger partial charge in [0.2, 0.25) is 5.95 Å². The largest absolute Gasteiger partial charge is 0.355 e. The number of nitrogens with zero attached hydrogens (tertiary/aromatic N) is 6. The zero-order valence-electron chi connectivity index (χ0n) is 13.9. The minimum Gasteiger partial charge on any atom is -0.355 e. The van der Waals surface area contributed by atoms with E-state index in [0.717, 1.165) is 11.3 Å². The van der Waals surface area contributed by atoms with Crippen LogP contribution in [0.5, 0.6) is 0 Å². The fourth-order valence-corrected chi connectivity index (χ4v) is 2.16. The Hall–Kier alpha value is -3.30. The van der Waals surface area contributed by atoms with Crippen molar-refractivity contribution in [3.8, 4) is 11.3 Å². The van der Waals surface area contributed by atoms with Gasteiger partial charge in [-0.25, -0.2) is 10.1 Å². The fourth-order valence-electron chi connectivity index (χ4n) is 2.16. The van der Waals surface area contributed by atoms with Crippen molar-refractivity contribution in [2.24, 2.45) is 12.1 Å². The standard InChI is InChI=1S/C15H16FN7O2/c1-4-23-14(16)10(7-19-23)6-17-20-15(24)12-5-13(25-21-12)11-8-18-22(3)9(11)2/h5-8H,4H2,1-3H3,(H,20,24)/b17-6-. The molecule has 1 amide bonds. The predicted molar refractivity (Wildman–Crippen MR) is 86.4 cm³/mol. The number of aryl methyl sites for hydroxylation is 2. The van der Waals surface area contributed by atoms with Crippen molar-refractivity contribution in [1.82, 2.24) is 30.1 Å². The van der Waals surface area contributed by atoms with Crippen LogP contribution >= 0.6 is 0 Å². The highest BCUT2D eigenvalue weighted by atomic mass is 19.1. The van der Waals surface area contributed by atoms with Crippen LogP contribution in [0, 0.1) is 12.9 Å². The van der Waals surface area contributed by atoms with Crippen LogP contribution in [-0.4, -0.2) is 36.8 Å².